The van der Waals surface area contributed by atoms with Crippen molar-refractivity contribution < 1.29 is 13.6 Å². The number of ether oxygens (including phenoxy) is 1. The maximum absolute atomic E-state index is 5.82. The predicted octanol–water partition coefficient (Wildman–Crippen LogP) is 5.38. The molecular formula is C32H38N2O2+2. The average molecular weight is 483 g/mol. The first-order chi connectivity index (χ1) is 17.2. The van der Waals surface area contributed by atoms with E-state index in [-0.39, 0.29) is 0 Å². The molecule has 186 valence electrons. The van der Waals surface area contributed by atoms with Crippen LogP contribution in [0.1, 0.15) is 29.2 Å². The minimum atomic E-state index is 0.697. The van der Waals surface area contributed by atoms with Crippen LogP contribution < -0.4 is 4.74 Å². The molecule has 3 rings (SSSR count). The van der Waals surface area contributed by atoms with Crippen LogP contribution in [-0.4, -0.2) is 71.1 Å². The molecule has 0 aliphatic rings. The Morgan fingerprint density at radius 2 is 1.11 bits per heavy atom. The lowest BCUT2D eigenvalue weighted by Gasteiger charge is -2.25. The summed E-state index contributed by atoms with van der Waals surface area (Å²) in [4.78, 5) is 2.13. The molecule has 0 aliphatic heterocycles. The van der Waals surface area contributed by atoms with Gasteiger partial charge in [0, 0.05) is 41.3 Å². The third-order valence-electron chi connectivity index (χ3n) is 5.42. The van der Waals surface area contributed by atoms with Crippen LogP contribution in [0.2, 0.25) is 0 Å². The maximum Gasteiger partial charge on any atom is 0.256 e. The molecule has 36 heavy (non-hydrogen) atoms. The van der Waals surface area contributed by atoms with Gasteiger partial charge in [0.25, 0.3) is 5.75 Å². The van der Waals surface area contributed by atoms with Gasteiger partial charge in [0.05, 0.1) is 21.1 Å². The van der Waals surface area contributed by atoms with Gasteiger partial charge in [0.15, 0.2) is 6.61 Å². The summed E-state index contributed by atoms with van der Waals surface area (Å²) < 4.78 is 9.92. The molecule has 4 heteroatoms. The first kappa shape index (κ1) is 26.9. The first-order valence-corrected chi connectivity index (χ1v) is 12.3. The largest absolute Gasteiger partial charge is 0.561 e. The molecule has 3 aromatic rings. The molecule has 0 radical (unpaired) electrons. The second-order valence-corrected chi connectivity index (χ2v) is 9.98. The Morgan fingerprint density at radius 1 is 0.694 bits per heavy atom. The SMILES string of the molecule is CC[O+](CN(C)C)c1ccc(C#Cc2ccc(C#Cc3ccc(OCC[N+](C)(C)C)cc3)cc2)cc1. The van der Waals surface area contributed by atoms with E-state index in [0.717, 1.165) is 58.1 Å². The molecule has 0 unspecified atom stereocenters. The molecule has 3 aromatic carbocycles. The van der Waals surface area contributed by atoms with Crippen LogP contribution in [0.4, 0.5) is 0 Å². The summed E-state index contributed by atoms with van der Waals surface area (Å²) in [5.74, 6) is 15.0. The Hall–Kier alpha value is -3.70. The minimum absolute atomic E-state index is 0.697. The normalized spacial score (nSPS) is 10.8. The second kappa shape index (κ2) is 12.8. The standard InChI is InChI=1S/C32H38N2O2/c1-7-36(26-33(2)3)32-22-18-30(19-23-32)15-13-28-10-8-27(9-11-28)12-14-29-16-20-31(21-17-29)35-25-24-34(4,5)6/h8-11,16-23H,7,24-26H2,1-6H3/q+2. The van der Waals surface area contributed by atoms with Crippen molar-refractivity contribution in [3.63, 3.8) is 0 Å². The Morgan fingerprint density at radius 3 is 1.50 bits per heavy atom. The van der Waals surface area contributed by atoms with Crippen LogP contribution in [0.3, 0.4) is 0 Å². The summed E-state index contributed by atoms with van der Waals surface area (Å²) in [6.45, 7) is 5.49. The molecular weight excluding hydrogens is 444 g/mol. The average Bonchev–Trinajstić information content (AvgIpc) is 2.86. The number of quaternary nitrogens is 1. The van der Waals surface area contributed by atoms with Crippen molar-refractivity contribution in [1.82, 2.24) is 4.90 Å². The number of rotatable bonds is 8. The molecule has 0 saturated heterocycles. The number of hydrogen-bond acceptors (Lipinski definition) is 2. The van der Waals surface area contributed by atoms with E-state index in [1.807, 2.05) is 48.5 Å². The van der Waals surface area contributed by atoms with Crippen LogP contribution in [0.15, 0.2) is 72.8 Å². The quantitative estimate of drug-likeness (QED) is 0.185. The number of nitrogens with zero attached hydrogens (tertiary/aromatic N) is 2. The van der Waals surface area contributed by atoms with Crippen molar-refractivity contribution >= 4 is 0 Å². The Kier molecular flexibility index (Phi) is 9.60. The van der Waals surface area contributed by atoms with Crippen molar-refractivity contribution in [2.75, 3.05) is 61.7 Å². The van der Waals surface area contributed by atoms with Crippen molar-refractivity contribution in [2.45, 2.75) is 6.92 Å². The second-order valence-electron chi connectivity index (χ2n) is 9.98. The van der Waals surface area contributed by atoms with Crippen molar-refractivity contribution in [3.05, 3.63) is 95.1 Å². The van der Waals surface area contributed by atoms with Crippen molar-refractivity contribution in [1.29, 1.82) is 0 Å². The lowest BCUT2D eigenvalue weighted by Crippen LogP contribution is -2.38. The summed E-state index contributed by atoms with van der Waals surface area (Å²) in [6, 6.07) is 24.3. The molecule has 0 saturated carbocycles. The molecule has 0 aromatic heterocycles. The van der Waals surface area contributed by atoms with E-state index in [4.69, 9.17) is 4.74 Å². The lowest BCUT2D eigenvalue weighted by molar-refractivity contribution is -0.870. The van der Waals surface area contributed by atoms with Gasteiger partial charge in [-0.05, 0) is 74.8 Å². The monoisotopic (exact) mass is 482 g/mol. The van der Waals surface area contributed by atoms with Crippen molar-refractivity contribution in [2.24, 2.45) is 0 Å². The summed E-state index contributed by atoms with van der Waals surface area (Å²) in [6.07, 6.45) is 0. The van der Waals surface area contributed by atoms with Gasteiger partial charge in [-0.2, -0.15) is 0 Å². The minimum Gasteiger partial charge on any atom is -0.561 e. The fourth-order valence-corrected chi connectivity index (χ4v) is 3.37. The molecule has 0 N–H and O–H groups in total. The van der Waals surface area contributed by atoms with Crippen LogP contribution in [0.5, 0.6) is 11.5 Å². The van der Waals surface area contributed by atoms with Gasteiger partial charge in [0.2, 0.25) is 6.73 Å². The first-order valence-electron chi connectivity index (χ1n) is 12.3. The molecule has 0 atom stereocenters. The summed E-state index contributed by atoms with van der Waals surface area (Å²) in [7, 11) is 10.6. The van der Waals surface area contributed by atoms with Gasteiger partial charge < -0.3 is 13.6 Å². The highest BCUT2D eigenvalue weighted by Crippen LogP contribution is 2.24. The molecule has 0 spiro atoms. The number of likely N-dealkylation sites (N-methyl/N-ethyl adjacent to an activating group) is 1. The van der Waals surface area contributed by atoms with E-state index in [9.17, 15) is 0 Å². The Bertz CT molecular complexity index is 1210. The number of benzene rings is 3. The summed E-state index contributed by atoms with van der Waals surface area (Å²) in [5.41, 5.74) is 3.89. The fraction of sp³-hybridized carbons (Fsp3) is 0.312. The van der Waals surface area contributed by atoms with E-state index in [0.29, 0.717) is 6.61 Å². The zero-order valence-corrected chi connectivity index (χ0v) is 22.5. The van der Waals surface area contributed by atoms with Crippen LogP contribution in [0.25, 0.3) is 0 Å². The molecule has 0 heterocycles. The fourth-order valence-electron chi connectivity index (χ4n) is 3.37. The molecule has 0 fully saturated rings. The molecule has 4 nitrogen and oxygen atoms in total. The van der Waals surface area contributed by atoms with Gasteiger partial charge >= 0.3 is 0 Å². The Balaban J connectivity index is 1.57. The highest BCUT2D eigenvalue weighted by atomic mass is 16.7. The van der Waals surface area contributed by atoms with Gasteiger partial charge in [-0.1, -0.05) is 23.7 Å². The van der Waals surface area contributed by atoms with Crippen LogP contribution >= 0.6 is 0 Å². The van der Waals surface area contributed by atoms with E-state index >= 15 is 0 Å². The maximum atomic E-state index is 5.82. The van der Waals surface area contributed by atoms with Gasteiger partial charge in [-0.15, -0.1) is 0 Å². The van der Waals surface area contributed by atoms with Gasteiger partial charge in [-0.3, -0.25) is 0 Å². The zero-order valence-electron chi connectivity index (χ0n) is 22.5. The van der Waals surface area contributed by atoms with Crippen LogP contribution in [-0.2, 0) is 4.37 Å². The predicted molar refractivity (Wildman–Crippen MR) is 149 cm³/mol. The lowest BCUT2D eigenvalue weighted by atomic mass is 10.1. The van der Waals surface area contributed by atoms with Gasteiger partial charge in [0.1, 0.15) is 18.9 Å². The summed E-state index contributed by atoms with van der Waals surface area (Å²) in [5, 5.41) is 0. The Labute approximate surface area is 217 Å². The number of hydrogen-bond donors (Lipinski definition) is 0. The van der Waals surface area contributed by atoms with E-state index < -0.39 is 0 Å². The molecule has 0 bridgehead atoms. The van der Waals surface area contributed by atoms with Crippen molar-refractivity contribution in [3.8, 4) is 35.2 Å². The van der Waals surface area contributed by atoms with Crippen LogP contribution in [0, 0.1) is 23.7 Å². The van der Waals surface area contributed by atoms with Gasteiger partial charge in [-0.25, -0.2) is 4.90 Å². The van der Waals surface area contributed by atoms with E-state index in [1.165, 1.54) is 0 Å². The smallest absolute Gasteiger partial charge is 0.256 e. The van der Waals surface area contributed by atoms with E-state index in [2.05, 4.69) is 99.4 Å². The zero-order chi connectivity index (χ0) is 26.0. The molecule has 0 aliphatic carbocycles. The third-order valence-corrected chi connectivity index (χ3v) is 5.42. The summed E-state index contributed by atoms with van der Waals surface area (Å²) >= 11 is 0. The molecule has 0 amide bonds. The topological polar surface area (TPSA) is 15.2 Å². The highest BCUT2D eigenvalue weighted by Gasteiger charge is 2.10. The third kappa shape index (κ3) is 9.16. The van der Waals surface area contributed by atoms with E-state index in [1.54, 1.807) is 0 Å². The highest BCUT2D eigenvalue weighted by molar-refractivity contribution is 5.48.